The lowest BCUT2D eigenvalue weighted by atomic mass is 10.0. The van der Waals surface area contributed by atoms with Crippen LogP contribution in [-0.4, -0.2) is 50.9 Å². The van der Waals surface area contributed by atoms with Crippen LogP contribution in [0, 0.1) is 6.92 Å². The van der Waals surface area contributed by atoms with Gasteiger partial charge in [0.25, 0.3) is 0 Å². The highest BCUT2D eigenvalue weighted by atomic mass is 16.5. The summed E-state index contributed by atoms with van der Waals surface area (Å²) in [6.07, 6.45) is 5.14. The van der Waals surface area contributed by atoms with E-state index in [0.29, 0.717) is 24.2 Å². The smallest absolute Gasteiger partial charge is 0.246 e. The minimum absolute atomic E-state index is 0.488. The highest BCUT2D eigenvalue weighted by molar-refractivity contribution is 5.80. The molecule has 1 unspecified atom stereocenters. The van der Waals surface area contributed by atoms with Gasteiger partial charge in [0.15, 0.2) is 11.8 Å². The summed E-state index contributed by atoms with van der Waals surface area (Å²) in [5.41, 5.74) is 1.29. The lowest BCUT2D eigenvalue weighted by Gasteiger charge is -2.20. The van der Waals surface area contributed by atoms with Crippen LogP contribution >= 0.6 is 0 Å². The quantitative estimate of drug-likeness (QED) is 0.663. The monoisotopic (exact) mass is 303 g/mol. The second kappa shape index (κ2) is 6.17. The molecule has 2 aromatic rings. The number of rotatable bonds is 3. The number of hydrogen-bond acceptors (Lipinski definition) is 5. The summed E-state index contributed by atoms with van der Waals surface area (Å²) in [5.74, 6) is 2.58. The molecule has 0 saturated carbocycles. The van der Waals surface area contributed by atoms with Crippen LogP contribution in [0.25, 0.3) is 0 Å². The van der Waals surface area contributed by atoms with Gasteiger partial charge in [-0.2, -0.15) is 10.1 Å². The minimum atomic E-state index is 0.488. The van der Waals surface area contributed by atoms with Gasteiger partial charge in [-0.1, -0.05) is 5.16 Å². The first-order valence-corrected chi connectivity index (χ1v) is 7.39. The molecule has 8 heteroatoms. The molecule has 1 N–H and O–H groups in total. The van der Waals surface area contributed by atoms with Crippen molar-refractivity contribution in [2.45, 2.75) is 25.8 Å². The Morgan fingerprint density at radius 2 is 2.41 bits per heavy atom. The molecule has 118 valence electrons. The van der Waals surface area contributed by atoms with E-state index in [1.165, 1.54) is 5.56 Å². The molecule has 0 radical (unpaired) electrons. The Kier molecular flexibility index (Phi) is 4.08. The van der Waals surface area contributed by atoms with Crippen molar-refractivity contribution in [3.63, 3.8) is 0 Å². The van der Waals surface area contributed by atoms with Crippen molar-refractivity contribution >= 4 is 5.96 Å². The van der Waals surface area contributed by atoms with Crippen LogP contribution in [0.5, 0.6) is 0 Å². The normalized spacial score (nSPS) is 19.0. The van der Waals surface area contributed by atoms with Gasteiger partial charge >= 0.3 is 0 Å². The molecule has 1 saturated heterocycles. The maximum atomic E-state index is 5.11. The van der Waals surface area contributed by atoms with Crippen molar-refractivity contribution in [3.8, 4) is 0 Å². The number of guanidine groups is 1. The second-order valence-corrected chi connectivity index (χ2v) is 5.52. The molecule has 0 spiro atoms. The summed E-state index contributed by atoms with van der Waals surface area (Å²) in [7, 11) is 3.74. The van der Waals surface area contributed by atoms with E-state index >= 15 is 0 Å². The first-order valence-electron chi connectivity index (χ1n) is 7.39. The Morgan fingerprint density at radius 3 is 3.05 bits per heavy atom. The number of nitrogens with zero attached hydrogens (tertiary/aromatic N) is 6. The average molecular weight is 303 g/mol. The fourth-order valence-electron chi connectivity index (χ4n) is 2.77. The molecule has 0 amide bonds. The van der Waals surface area contributed by atoms with E-state index < -0.39 is 0 Å². The molecule has 1 fully saturated rings. The molecule has 8 nitrogen and oxygen atoms in total. The first kappa shape index (κ1) is 14.6. The number of aromatic nitrogens is 4. The standard InChI is InChI=1S/C14H21N7O/c1-10-18-13(22-19-10)7-16-14(15-2)21-5-4-11(9-21)12-6-17-20(3)8-12/h6,8,11H,4-5,7,9H2,1-3H3,(H,15,16). The molecule has 1 aliphatic heterocycles. The van der Waals surface area contributed by atoms with Crippen LogP contribution in [0.4, 0.5) is 0 Å². The largest absolute Gasteiger partial charge is 0.347 e. The number of hydrogen-bond donors (Lipinski definition) is 1. The van der Waals surface area contributed by atoms with E-state index in [4.69, 9.17) is 4.52 Å². The van der Waals surface area contributed by atoms with Crippen LogP contribution in [-0.2, 0) is 13.6 Å². The van der Waals surface area contributed by atoms with E-state index in [0.717, 1.165) is 25.5 Å². The molecular weight excluding hydrogens is 282 g/mol. The van der Waals surface area contributed by atoms with Crippen LogP contribution in [0.1, 0.15) is 29.6 Å². The SMILES string of the molecule is CN=C(NCc1nc(C)no1)N1CCC(c2cnn(C)c2)C1. The summed E-state index contributed by atoms with van der Waals surface area (Å²) >= 11 is 0. The summed E-state index contributed by atoms with van der Waals surface area (Å²) in [6, 6.07) is 0. The van der Waals surface area contributed by atoms with Gasteiger partial charge in [0, 0.05) is 39.3 Å². The Balaban J connectivity index is 1.58. The van der Waals surface area contributed by atoms with Gasteiger partial charge in [0.2, 0.25) is 5.89 Å². The molecule has 1 atom stereocenters. The fraction of sp³-hybridized carbons (Fsp3) is 0.571. The van der Waals surface area contributed by atoms with Crippen molar-refractivity contribution in [3.05, 3.63) is 29.7 Å². The highest BCUT2D eigenvalue weighted by Crippen LogP contribution is 2.26. The zero-order valence-corrected chi connectivity index (χ0v) is 13.2. The second-order valence-electron chi connectivity index (χ2n) is 5.52. The summed E-state index contributed by atoms with van der Waals surface area (Å²) in [5, 5.41) is 11.3. The lowest BCUT2D eigenvalue weighted by Crippen LogP contribution is -2.39. The summed E-state index contributed by atoms with van der Waals surface area (Å²) < 4.78 is 6.96. The third-order valence-corrected chi connectivity index (χ3v) is 3.86. The maximum absolute atomic E-state index is 5.11. The van der Waals surface area contributed by atoms with Crippen LogP contribution in [0.3, 0.4) is 0 Å². The van der Waals surface area contributed by atoms with Crippen molar-refractivity contribution in [2.75, 3.05) is 20.1 Å². The van der Waals surface area contributed by atoms with E-state index in [1.807, 2.05) is 17.9 Å². The molecular formula is C14H21N7O. The first-order chi connectivity index (χ1) is 10.7. The Hall–Kier alpha value is -2.38. The molecule has 22 heavy (non-hydrogen) atoms. The predicted octanol–water partition coefficient (Wildman–Crippen LogP) is 0.676. The topological polar surface area (TPSA) is 84.4 Å². The minimum Gasteiger partial charge on any atom is -0.347 e. The van der Waals surface area contributed by atoms with Crippen molar-refractivity contribution in [1.82, 2.24) is 30.1 Å². The third-order valence-electron chi connectivity index (χ3n) is 3.86. The number of nitrogens with one attached hydrogen (secondary N) is 1. The van der Waals surface area contributed by atoms with Gasteiger partial charge in [-0.15, -0.1) is 0 Å². The molecule has 3 rings (SSSR count). The molecule has 0 bridgehead atoms. The predicted molar refractivity (Wildman–Crippen MR) is 81.4 cm³/mol. The zero-order chi connectivity index (χ0) is 15.5. The summed E-state index contributed by atoms with van der Waals surface area (Å²) in [4.78, 5) is 10.8. The van der Waals surface area contributed by atoms with E-state index in [9.17, 15) is 0 Å². The van der Waals surface area contributed by atoms with Crippen molar-refractivity contribution in [1.29, 1.82) is 0 Å². The molecule has 3 heterocycles. The Bertz CT molecular complexity index is 660. The average Bonchev–Trinajstić information content (AvgIpc) is 3.21. The number of aryl methyl sites for hydroxylation is 2. The van der Waals surface area contributed by atoms with Crippen molar-refractivity contribution in [2.24, 2.45) is 12.0 Å². The maximum Gasteiger partial charge on any atom is 0.246 e. The Labute approximate surface area is 129 Å². The summed E-state index contributed by atoms with van der Waals surface area (Å²) in [6.45, 7) is 4.21. The lowest BCUT2D eigenvalue weighted by molar-refractivity contribution is 0.368. The van der Waals surface area contributed by atoms with Gasteiger partial charge < -0.3 is 14.7 Å². The van der Waals surface area contributed by atoms with E-state index in [1.54, 1.807) is 14.0 Å². The van der Waals surface area contributed by atoms with Gasteiger partial charge in [0.05, 0.1) is 12.7 Å². The third kappa shape index (κ3) is 3.10. The van der Waals surface area contributed by atoms with Crippen LogP contribution in [0.15, 0.2) is 21.9 Å². The van der Waals surface area contributed by atoms with Gasteiger partial charge in [-0.3, -0.25) is 9.67 Å². The van der Waals surface area contributed by atoms with E-state index in [2.05, 4.69) is 36.6 Å². The molecule has 1 aliphatic rings. The number of aliphatic imine (C=N–C) groups is 1. The molecule has 2 aromatic heterocycles. The zero-order valence-electron chi connectivity index (χ0n) is 13.2. The van der Waals surface area contributed by atoms with Crippen molar-refractivity contribution < 1.29 is 4.52 Å². The highest BCUT2D eigenvalue weighted by Gasteiger charge is 2.27. The Morgan fingerprint density at radius 1 is 1.55 bits per heavy atom. The van der Waals surface area contributed by atoms with Gasteiger partial charge in [-0.05, 0) is 18.9 Å². The molecule has 0 aromatic carbocycles. The number of likely N-dealkylation sites (tertiary alicyclic amines) is 1. The van der Waals surface area contributed by atoms with Gasteiger partial charge in [0.1, 0.15) is 0 Å². The molecule has 0 aliphatic carbocycles. The van der Waals surface area contributed by atoms with Crippen LogP contribution < -0.4 is 5.32 Å². The van der Waals surface area contributed by atoms with E-state index in [-0.39, 0.29) is 0 Å². The van der Waals surface area contributed by atoms with Crippen LogP contribution in [0.2, 0.25) is 0 Å². The fourth-order valence-corrected chi connectivity index (χ4v) is 2.77. The van der Waals surface area contributed by atoms with Gasteiger partial charge in [-0.25, -0.2) is 0 Å².